The molecule has 23 heavy (non-hydrogen) atoms. The molecule has 2 heterocycles. The number of aromatic nitrogens is 2. The predicted octanol–water partition coefficient (Wildman–Crippen LogP) is 1.24. The molecule has 0 bridgehead atoms. The van der Waals surface area contributed by atoms with E-state index in [2.05, 4.69) is 15.3 Å². The van der Waals surface area contributed by atoms with Crippen molar-refractivity contribution in [3.05, 3.63) is 40.4 Å². The van der Waals surface area contributed by atoms with E-state index >= 15 is 0 Å². The molecule has 1 fully saturated rings. The van der Waals surface area contributed by atoms with E-state index in [0.29, 0.717) is 23.3 Å². The fourth-order valence-electron chi connectivity index (χ4n) is 2.65. The summed E-state index contributed by atoms with van der Waals surface area (Å²) in [7, 11) is 1.67. The Morgan fingerprint density at radius 2 is 2.30 bits per heavy atom. The third-order valence-corrected chi connectivity index (χ3v) is 3.90. The lowest BCUT2D eigenvalue weighted by atomic mass is 10.2. The highest BCUT2D eigenvalue weighted by Crippen LogP contribution is 2.11. The van der Waals surface area contributed by atoms with Gasteiger partial charge in [0.1, 0.15) is 5.82 Å². The van der Waals surface area contributed by atoms with Crippen molar-refractivity contribution in [1.29, 1.82) is 0 Å². The van der Waals surface area contributed by atoms with Gasteiger partial charge in [0.25, 0.3) is 5.56 Å². The first kappa shape index (κ1) is 15.5. The lowest BCUT2D eigenvalue weighted by Gasteiger charge is -2.19. The van der Waals surface area contributed by atoms with E-state index in [1.54, 1.807) is 25.2 Å². The maximum absolute atomic E-state index is 12.1. The third-order valence-electron chi connectivity index (χ3n) is 3.90. The number of urea groups is 1. The van der Waals surface area contributed by atoms with Gasteiger partial charge < -0.3 is 19.9 Å². The molecule has 0 aliphatic carbocycles. The molecule has 1 aliphatic heterocycles. The van der Waals surface area contributed by atoms with Gasteiger partial charge in [0, 0.05) is 20.2 Å². The maximum atomic E-state index is 12.1. The average Bonchev–Trinajstić information content (AvgIpc) is 3.06. The first-order valence-corrected chi connectivity index (χ1v) is 7.72. The van der Waals surface area contributed by atoms with Crippen LogP contribution in [0.3, 0.4) is 0 Å². The van der Waals surface area contributed by atoms with Gasteiger partial charge in [-0.3, -0.25) is 4.79 Å². The molecule has 2 N–H and O–H groups in total. The highest BCUT2D eigenvalue weighted by atomic mass is 16.5. The molecule has 0 radical (unpaired) electrons. The lowest BCUT2D eigenvalue weighted by molar-refractivity contribution is 0.109. The second-order valence-corrected chi connectivity index (χ2v) is 5.71. The summed E-state index contributed by atoms with van der Waals surface area (Å²) in [5, 5.41) is 3.38. The molecule has 1 atom stereocenters. The number of para-hydroxylation sites is 1. The number of aromatic amines is 1. The Bertz CT molecular complexity index is 752. The number of ether oxygens (including phenoxy) is 1. The Morgan fingerprint density at radius 1 is 1.48 bits per heavy atom. The van der Waals surface area contributed by atoms with Crippen molar-refractivity contribution in [3.8, 4) is 0 Å². The standard InChI is InChI=1S/C16H20N4O3/c1-20(16(22)17-9-11-5-4-8-23-11)10-14-18-13-7-3-2-6-12(13)15(21)19-14/h2-3,6-7,11H,4-5,8-10H2,1H3,(H,17,22)(H,18,19,21). The largest absolute Gasteiger partial charge is 0.376 e. The maximum Gasteiger partial charge on any atom is 0.317 e. The summed E-state index contributed by atoms with van der Waals surface area (Å²) in [6.07, 6.45) is 2.12. The fourth-order valence-corrected chi connectivity index (χ4v) is 2.65. The van der Waals surface area contributed by atoms with Gasteiger partial charge in [-0.2, -0.15) is 0 Å². The lowest BCUT2D eigenvalue weighted by Crippen LogP contribution is -2.40. The van der Waals surface area contributed by atoms with Gasteiger partial charge in [0.2, 0.25) is 0 Å². The molecule has 7 nitrogen and oxygen atoms in total. The number of nitrogens with zero attached hydrogens (tertiary/aromatic N) is 2. The van der Waals surface area contributed by atoms with Crippen LogP contribution in [0.5, 0.6) is 0 Å². The summed E-state index contributed by atoms with van der Waals surface area (Å²) in [6.45, 7) is 1.50. The van der Waals surface area contributed by atoms with Gasteiger partial charge in [-0.15, -0.1) is 0 Å². The van der Waals surface area contributed by atoms with Crippen molar-refractivity contribution in [2.45, 2.75) is 25.5 Å². The molecular formula is C16H20N4O3. The molecule has 3 rings (SSSR count). The van der Waals surface area contributed by atoms with Crippen LogP contribution in [0.1, 0.15) is 18.7 Å². The molecule has 0 saturated carbocycles. The van der Waals surface area contributed by atoms with Crippen molar-refractivity contribution >= 4 is 16.9 Å². The normalized spacial score (nSPS) is 17.3. The molecule has 2 aromatic rings. The third kappa shape index (κ3) is 3.68. The van der Waals surface area contributed by atoms with Crippen LogP contribution in [0.15, 0.2) is 29.1 Å². The van der Waals surface area contributed by atoms with E-state index in [9.17, 15) is 9.59 Å². The first-order valence-electron chi connectivity index (χ1n) is 7.72. The first-order chi connectivity index (χ1) is 11.1. The monoisotopic (exact) mass is 316 g/mol. The zero-order valence-electron chi connectivity index (χ0n) is 13.0. The van der Waals surface area contributed by atoms with E-state index < -0.39 is 0 Å². The number of hydrogen-bond acceptors (Lipinski definition) is 4. The van der Waals surface area contributed by atoms with E-state index in [1.807, 2.05) is 6.07 Å². The van der Waals surface area contributed by atoms with Crippen molar-refractivity contribution in [2.24, 2.45) is 0 Å². The molecule has 1 aliphatic rings. The number of amides is 2. The number of H-pyrrole nitrogens is 1. The fraction of sp³-hybridized carbons (Fsp3) is 0.438. The van der Waals surface area contributed by atoms with Crippen LogP contribution >= 0.6 is 0 Å². The van der Waals surface area contributed by atoms with E-state index in [1.165, 1.54) is 4.90 Å². The van der Waals surface area contributed by atoms with Gasteiger partial charge in [-0.25, -0.2) is 9.78 Å². The van der Waals surface area contributed by atoms with Gasteiger partial charge in [-0.1, -0.05) is 12.1 Å². The highest BCUT2D eigenvalue weighted by molar-refractivity contribution is 5.77. The van der Waals surface area contributed by atoms with Gasteiger partial charge >= 0.3 is 6.03 Å². The SMILES string of the molecule is CN(Cc1nc2ccccc2c(=O)[nH]1)C(=O)NCC1CCCO1. The number of nitrogens with one attached hydrogen (secondary N) is 2. The number of benzene rings is 1. The van der Waals surface area contributed by atoms with E-state index in [0.717, 1.165) is 19.4 Å². The predicted molar refractivity (Wildman–Crippen MR) is 86.2 cm³/mol. The second-order valence-electron chi connectivity index (χ2n) is 5.71. The van der Waals surface area contributed by atoms with Crippen LogP contribution in [0.4, 0.5) is 4.79 Å². The molecule has 1 saturated heterocycles. The van der Waals surface area contributed by atoms with E-state index in [4.69, 9.17) is 4.74 Å². The van der Waals surface area contributed by atoms with Gasteiger partial charge in [0.15, 0.2) is 0 Å². The minimum absolute atomic E-state index is 0.103. The Balaban J connectivity index is 1.63. The molecule has 122 valence electrons. The van der Waals surface area contributed by atoms with Crippen LogP contribution in [-0.4, -0.2) is 47.2 Å². The Morgan fingerprint density at radius 3 is 3.09 bits per heavy atom. The Labute approximate surface area is 133 Å². The topological polar surface area (TPSA) is 87.3 Å². The van der Waals surface area contributed by atoms with Crippen LogP contribution in [0, 0.1) is 0 Å². The number of carbonyl (C=O) groups excluding carboxylic acids is 1. The molecule has 1 unspecified atom stereocenters. The summed E-state index contributed by atoms with van der Waals surface area (Å²) in [6, 6.07) is 6.92. The van der Waals surface area contributed by atoms with Crippen molar-refractivity contribution in [1.82, 2.24) is 20.2 Å². The average molecular weight is 316 g/mol. The van der Waals surface area contributed by atoms with Gasteiger partial charge in [-0.05, 0) is 25.0 Å². The number of carbonyl (C=O) groups is 1. The molecule has 2 amide bonds. The summed E-state index contributed by atoms with van der Waals surface area (Å²) in [4.78, 5) is 32.7. The molecule has 7 heteroatoms. The van der Waals surface area contributed by atoms with Crippen molar-refractivity contribution < 1.29 is 9.53 Å². The minimum Gasteiger partial charge on any atom is -0.376 e. The van der Waals surface area contributed by atoms with Crippen LogP contribution in [-0.2, 0) is 11.3 Å². The van der Waals surface area contributed by atoms with Gasteiger partial charge in [0.05, 0.1) is 23.6 Å². The smallest absolute Gasteiger partial charge is 0.317 e. The summed E-state index contributed by atoms with van der Waals surface area (Å²) < 4.78 is 5.47. The van der Waals surface area contributed by atoms with Crippen molar-refractivity contribution in [3.63, 3.8) is 0 Å². The number of rotatable bonds is 4. The number of hydrogen-bond donors (Lipinski definition) is 2. The van der Waals surface area contributed by atoms with Crippen molar-refractivity contribution in [2.75, 3.05) is 20.2 Å². The highest BCUT2D eigenvalue weighted by Gasteiger charge is 2.18. The molecular weight excluding hydrogens is 296 g/mol. The second kappa shape index (κ2) is 6.78. The van der Waals surface area contributed by atoms with E-state index in [-0.39, 0.29) is 24.2 Å². The Hall–Kier alpha value is -2.41. The zero-order valence-corrected chi connectivity index (χ0v) is 13.0. The molecule has 1 aromatic carbocycles. The summed E-state index contributed by atoms with van der Waals surface area (Å²) in [5.74, 6) is 0.462. The van der Waals surface area contributed by atoms with Crippen LogP contribution < -0.4 is 10.9 Å². The van der Waals surface area contributed by atoms with Crippen LogP contribution in [0.25, 0.3) is 10.9 Å². The van der Waals surface area contributed by atoms with Crippen LogP contribution in [0.2, 0.25) is 0 Å². The molecule has 1 aromatic heterocycles. The number of fused-ring (bicyclic) bond motifs is 1. The summed E-state index contributed by atoms with van der Waals surface area (Å²) in [5.41, 5.74) is 0.429. The Kier molecular flexibility index (Phi) is 4.57. The molecule has 0 spiro atoms. The minimum atomic E-state index is -0.212. The quantitative estimate of drug-likeness (QED) is 0.888. The zero-order chi connectivity index (χ0) is 16.2. The summed E-state index contributed by atoms with van der Waals surface area (Å²) >= 11 is 0.